The molecule has 0 saturated carbocycles. The van der Waals surface area contributed by atoms with Crippen LogP contribution in [0.1, 0.15) is 44.0 Å². The van der Waals surface area contributed by atoms with E-state index >= 15 is 0 Å². The summed E-state index contributed by atoms with van der Waals surface area (Å²) in [6.07, 6.45) is 1.37. The summed E-state index contributed by atoms with van der Waals surface area (Å²) in [4.78, 5) is 23.3. The molecule has 23 heavy (non-hydrogen) atoms. The zero-order valence-corrected chi connectivity index (χ0v) is 14.4. The lowest BCUT2D eigenvalue weighted by atomic mass is 10.0. The lowest BCUT2D eigenvalue weighted by molar-refractivity contribution is -0.140. The van der Waals surface area contributed by atoms with Crippen molar-refractivity contribution in [3.63, 3.8) is 0 Å². The van der Waals surface area contributed by atoms with Crippen LogP contribution in [0.15, 0.2) is 29.2 Å². The number of aliphatic carboxylic acids is 1. The van der Waals surface area contributed by atoms with Crippen molar-refractivity contribution in [1.29, 1.82) is 0 Å². The number of hydrogen-bond donors (Lipinski definition) is 2. The Balaban J connectivity index is 2.88. The molecular formula is C16H23NO5S. The number of sulfone groups is 1. The van der Waals surface area contributed by atoms with Crippen molar-refractivity contribution in [3.8, 4) is 0 Å². The monoisotopic (exact) mass is 341 g/mol. The summed E-state index contributed by atoms with van der Waals surface area (Å²) in [6.45, 7) is 5.31. The van der Waals surface area contributed by atoms with Gasteiger partial charge in [0.25, 0.3) is 5.91 Å². The SMILES string of the molecule is CCCCS(=O)(=O)c1ccc(C(=O)NC(C(=O)O)C(C)C)cc1. The highest BCUT2D eigenvalue weighted by Crippen LogP contribution is 2.14. The number of carbonyl (C=O) groups is 2. The van der Waals surface area contributed by atoms with Crippen LogP contribution in [0.3, 0.4) is 0 Å². The second-order valence-corrected chi connectivity index (χ2v) is 7.84. The standard InChI is InChI=1S/C16H23NO5S/c1-4-5-10-23(21,22)13-8-6-12(7-9-13)15(18)17-14(11(2)3)16(19)20/h6-9,11,14H,4-5,10H2,1-3H3,(H,17,18)(H,19,20). The molecule has 0 aliphatic heterocycles. The minimum Gasteiger partial charge on any atom is -0.480 e. The van der Waals surface area contributed by atoms with Gasteiger partial charge in [0, 0.05) is 5.56 Å². The number of unbranched alkanes of at least 4 members (excludes halogenated alkanes) is 1. The second kappa shape index (κ2) is 8.10. The Hall–Kier alpha value is -1.89. The third-order valence-electron chi connectivity index (χ3n) is 3.46. The maximum absolute atomic E-state index is 12.1. The van der Waals surface area contributed by atoms with Crippen molar-refractivity contribution in [1.82, 2.24) is 5.32 Å². The molecule has 0 bridgehead atoms. The summed E-state index contributed by atoms with van der Waals surface area (Å²) < 4.78 is 24.1. The van der Waals surface area contributed by atoms with Gasteiger partial charge in [0.2, 0.25) is 0 Å². The molecule has 1 rings (SSSR count). The number of nitrogens with one attached hydrogen (secondary N) is 1. The Morgan fingerprint density at radius 3 is 2.17 bits per heavy atom. The number of benzene rings is 1. The van der Waals surface area contributed by atoms with Crippen LogP contribution in [0.5, 0.6) is 0 Å². The van der Waals surface area contributed by atoms with Crippen LogP contribution in [-0.4, -0.2) is 37.2 Å². The lowest BCUT2D eigenvalue weighted by Crippen LogP contribution is -2.44. The van der Waals surface area contributed by atoms with Gasteiger partial charge in [-0.2, -0.15) is 0 Å². The van der Waals surface area contributed by atoms with Crippen molar-refractivity contribution in [2.45, 2.75) is 44.6 Å². The molecule has 1 atom stereocenters. The van der Waals surface area contributed by atoms with Crippen LogP contribution in [0, 0.1) is 5.92 Å². The summed E-state index contributed by atoms with van der Waals surface area (Å²) in [6, 6.07) is 4.56. The van der Waals surface area contributed by atoms with Crippen LogP contribution in [0.2, 0.25) is 0 Å². The fourth-order valence-corrected chi connectivity index (χ4v) is 3.46. The first-order valence-corrected chi connectivity index (χ1v) is 9.20. The summed E-state index contributed by atoms with van der Waals surface area (Å²) >= 11 is 0. The van der Waals surface area contributed by atoms with E-state index in [1.54, 1.807) is 13.8 Å². The van der Waals surface area contributed by atoms with E-state index in [2.05, 4.69) is 5.32 Å². The predicted octanol–water partition coefficient (Wildman–Crippen LogP) is 2.10. The van der Waals surface area contributed by atoms with E-state index in [1.807, 2.05) is 6.92 Å². The van der Waals surface area contributed by atoms with E-state index in [4.69, 9.17) is 5.11 Å². The minimum atomic E-state index is -3.34. The van der Waals surface area contributed by atoms with Crippen molar-refractivity contribution in [2.75, 3.05) is 5.75 Å². The first kappa shape index (κ1) is 19.2. The molecule has 0 aliphatic rings. The zero-order chi connectivity index (χ0) is 17.6. The van der Waals surface area contributed by atoms with Gasteiger partial charge >= 0.3 is 5.97 Å². The van der Waals surface area contributed by atoms with Gasteiger partial charge < -0.3 is 10.4 Å². The van der Waals surface area contributed by atoms with Crippen molar-refractivity contribution in [3.05, 3.63) is 29.8 Å². The summed E-state index contributed by atoms with van der Waals surface area (Å²) in [5.41, 5.74) is 0.228. The molecule has 0 aromatic heterocycles. The van der Waals surface area contributed by atoms with Crippen LogP contribution < -0.4 is 5.32 Å². The number of amides is 1. The molecule has 0 heterocycles. The van der Waals surface area contributed by atoms with Gasteiger partial charge in [-0.05, 0) is 36.6 Å². The molecule has 0 spiro atoms. The molecule has 1 aromatic carbocycles. The van der Waals surface area contributed by atoms with Crippen molar-refractivity contribution < 1.29 is 23.1 Å². The molecule has 0 saturated heterocycles. The van der Waals surface area contributed by atoms with Gasteiger partial charge in [-0.3, -0.25) is 4.79 Å². The van der Waals surface area contributed by atoms with E-state index in [-0.39, 0.29) is 22.1 Å². The Labute approximate surface area is 136 Å². The van der Waals surface area contributed by atoms with E-state index in [9.17, 15) is 18.0 Å². The van der Waals surface area contributed by atoms with Crippen molar-refractivity contribution >= 4 is 21.7 Å². The zero-order valence-electron chi connectivity index (χ0n) is 13.6. The molecule has 2 N–H and O–H groups in total. The van der Waals surface area contributed by atoms with Crippen LogP contribution in [0.4, 0.5) is 0 Å². The number of carboxylic acid groups (broad SMARTS) is 1. The van der Waals surface area contributed by atoms with Crippen LogP contribution in [-0.2, 0) is 14.6 Å². The average Bonchev–Trinajstić information content (AvgIpc) is 2.49. The lowest BCUT2D eigenvalue weighted by Gasteiger charge is -2.17. The van der Waals surface area contributed by atoms with E-state index < -0.39 is 27.8 Å². The van der Waals surface area contributed by atoms with Gasteiger partial charge in [0.05, 0.1) is 10.6 Å². The molecule has 0 fully saturated rings. The predicted molar refractivity (Wildman–Crippen MR) is 87.1 cm³/mol. The highest BCUT2D eigenvalue weighted by Gasteiger charge is 2.24. The van der Waals surface area contributed by atoms with Gasteiger partial charge in [-0.1, -0.05) is 27.2 Å². The molecule has 128 valence electrons. The first-order valence-electron chi connectivity index (χ1n) is 7.55. The second-order valence-electron chi connectivity index (χ2n) is 5.73. The topological polar surface area (TPSA) is 101 Å². The molecule has 7 heteroatoms. The molecule has 1 aromatic rings. The van der Waals surface area contributed by atoms with Gasteiger partial charge in [0.15, 0.2) is 9.84 Å². The number of carbonyl (C=O) groups excluding carboxylic acids is 1. The minimum absolute atomic E-state index is 0.0729. The summed E-state index contributed by atoms with van der Waals surface area (Å²) in [5, 5.41) is 11.5. The fourth-order valence-electron chi connectivity index (χ4n) is 2.00. The molecule has 0 aliphatic carbocycles. The summed E-state index contributed by atoms with van der Waals surface area (Å²) in [7, 11) is -3.34. The number of hydrogen-bond acceptors (Lipinski definition) is 4. The molecule has 1 unspecified atom stereocenters. The van der Waals surface area contributed by atoms with Gasteiger partial charge in [-0.15, -0.1) is 0 Å². The average molecular weight is 341 g/mol. The first-order chi connectivity index (χ1) is 10.7. The third kappa shape index (κ3) is 5.35. The molecule has 1 amide bonds. The number of rotatable bonds is 8. The van der Waals surface area contributed by atoms with Crippen molar-refractivity contribution in [2.24, 2.45) is 5.92 Å². The molecule has 0 radical (unpaired) electrons. The molecular weight excluding hydrogens is 318 g/mol. The van der Waals surface area contributed by atoms with Crippen LogP contribution >= 0.6 is 0 Å². The Bertz CT molecular complexity index is 650. The van der Waals surface area contributed by atoms with E-state index in [0.29, 0.717) is 6.42 Å². The Kier molecular flexibility index (Phi) is 6.75. The quantitative estimate of drug-likeness (QED) is 0.754. The largest absolute Gasteiger partial charge is 0.480 e. The molecule has 6 nitrogen and oxygen atoms in total. The van der Waals surface area contributed by atoms with Gasteiger partial charge in [0.1, 0.15) is 6.04 Å². The van der Waals surface area contributed by atoms with E-state index in [1.165, 1.54) is 24.3 Å². The van der Waals surface area contributed by atoms with E-state index in [0.717, 1.165) is 6.42 Å². The maximum Gasteiger partial charge on any atom is 0.326 e. The number of carboxylic acids is 1. The Morgan fingerprint density at radius 1 is 1.17 bits per heavy atom. The Morgan fingerprint density at radius 2 is 1.74 bits per heavy atom. The highest BCUT2D eigenvalue weighted by molar-refractivity contribution is 7.91. The highest BCUT2D eigenvalue weighted by atomic mass is 32.2. The normalized spacial score (nSPS) is 12.9. The third-order valence-corrected chi connectivity index (χ3v) is 5.28. The maximum atomic E-state index is 12.1. The fraction of sp³-hybridized carbons (Fsp3) is 0.500. The summed E-state index contributed by atoms with van der Waals surface area (Å²) in [5.74, 6) is -1.83. The van der Waals surface area contributed by atoms with Gasteiger partial charge in [-0.25, -0.2) is 13.2 Å². The van der Waals surface area contributed by atoms with Crippen LogP contribution in [0.25, 0.3) is 0 Å². The smallest absolute Gasteiger partial charge is 0.326 e.